The molecule has 0 saturated heterocycles. The lowest BCUT2D eigenvalue weighted by atomic mass is 10.1. The molecule has 2 aromatic rings. The Hall–Kier alpha value is -2.89. The standard InChI is InChI=1S/C15H12FNO4/c1-8-2-5-13(11(6-8)15(20)21)17-14(19)10-4-3-9(18)7-12(10)16/h2-7,18H,1H3,(H,17,19)(H,20,21). The van der Waals surface area contributed by atoms with Gasteiger partial charge in [-0.15, -0.1) is 0 Å². The second-order valence-corrected chi connectivity index (χ2v) is 4.47. The predicted octanol–water partition coefficient (Wildman–Crippen LogP) is 2.79. The third-order valence-corrected chi connectivity index (χ3v) is 2.85. The Morgan fingerprint density at radius 1 is 1.10 bits per heavy atom. The molecule has 0 fully saturated rings. The van der Waals surface area contributed by atoms with Crippen molar-refractivity contribution >= 4 is 17.6 Å². The van der Waals surface area contributed by atoms with Crippen molar-refractivity contribution in [2.45, 2.75) is 6.92 Å². The number of phenols is 1. The summed E-state index contributed by atoms with van der Waals surface area (Å²) in [4.78, 5) is 23.1. The zero-order chi connectivity index (χ0) is 15.6. The van der Waals surface area contributed by atoms with E-state index in [1.807, 2.05) is 0 Å². The van der Waals surface area contributed by atoms with Crippen LogP contribution in [0.3, 0.4) is 0 Å². The van der Waals surface area contributed by atoms with E-state index in [0.717, 1.165) is 17.7 Å². The van der Waals surface area contributed by atoms with E-state index in [1.54, 1.807) is 13.0 Å². The Morgan fingerprint density at radius 2 is 1.81 bits per heavy atom. The molecule has 0 heterocycles. The fourth-order valence-electron chi connectivity index (χ4n) is 1.82. The number of phenolic OH excluding ortho intramolecular Hbond substituents is 1. The summed E-state index contributed by atoms with van der Waals surface area (Å²) in [6.07, 6.45) is 0. The second kappa shape index (κ2) is 5.62. The number of carbonyl (C=O) groups excluding carboxylic acids is 1. The van der Waals surface area contributed by atoms with E-state index in [1.165, 1.54) is 18.2 Å². The smallest absolute Gasteiger partial charge is 0.337 e. The number of hydrogen-bond acceptors (Lipinski definition) is 3. The molecule has 1 amide bonds. The largest absolute Gasteiger partial charge is 0.508 e. The fraction of sp³-hybridized carbons (Fsp3) is 0.0667. The average Bonchev–Trinajstić information content (AvgIpc) is 2.40. The van der Waals surface area contributed by atoms with Crippen LogP contribution in [0.25, 0.3) is 0 Å². The van der Waals surface area contributed by atoms with Crippen molar-refractivity contribution < 1.29 is 24.2 Å². The van der Waals surface area contributed by atoms with Gasteiger partial charge in [0.05, 0.1) is 16.8 Å². The summed E-state index contributed by atoms with van der Waals surface area (Å²) >= 11 is 0. The summed E-state index contributed by atoms with van der Waals surface area (Å²) in [5.74, 6) is -3.18. The Kier molecular flexibility index (Phi) is 3.89. The Labute approximate surface area is 119 Å². The molecule has 108 valence electrons. The molecule has 2 rings (SSSR count). The highest BCUT2D eigenvalue weighted by Crippen LogP contribution is 2.20. The maximum absolute atomic E-state index is 13.6. The molecule has 0 radical (unpaired) electrons. The number of nitrogens with one attached hydrogen (secondary N) is 1. The molecular formula is C15H12FNO4. The van der Waals surface area contributed by atoms with Crippen LogP contribution in [0.5, 0.6) is 5.75 Å². The van der Waals surface area contributed by atoms with E-state index in [9.17, 15) is 14.0 Å². The first-order valence-electron chi connectivity index (χ1n) is 6.02. The number of carboxylic acid groups (broad SMARTS) is 1. The van der Waals surface area contributed by atoms with Gasteiger partial charge < -0.3 is 15.5 Å². The number of rotatable bonds is 3. The van der Waals surface area contributed by atoms with Crippen molar-refractivity contribution in [3.8, 4) is 5.75 Å². The van der Waals surface area contributed by atoms with Gasteiger partial charge in [-0.05, 0) is 31.2 Å². The highest BCUT2D eigenvalue weighted by atomic mass is 19.1. The molecule has 0 saturated carbocycles. The average molecular weight is 289 g/mol. The van der Waals surface area contributed by atoms with Crippen LogP contribution in [0, 0.1) is 12.7 Å². The summed E-state index contributed by atoms with van der Waals surface area (Å²) in [5, 5.41) is 20.6. The van der Waals surface area contributed by atoms with Crippen molar-refractivity contribution in [3.05, 3.63) is 58.9 Å². The molecule has 0 atom stereocenters. The number of amides is 1. The topological polar surface area (TPSA) is 86.6 Å². The molecule has 6 heteroatoms. The van der Waals surface area contributed by atoms with Gasteiger partial charge in [0.15, 0.2) is 0 Å². The zero-order valence-corrected chi connectivity index (χ0v) is 11.1. The monoisotopic (exact) mass is 289 g/mol. The van der Waals surface area contributed by atoms with Crippen LogP contribution in [-0.2, 0) is 0 Å². The van der Waals surface area contributed by atoms with Gasteiger partial charge in [0.1, 0.15) is 11.6 Å². The van der Waals surface area contributed by atoms with E-state index in [2.05, 4.69) is 5.32 Å². The molecule has 2 aromatic carbocycles. The maximum atomic E-state index is 13.6. The SMILES string of the molecule is Cc1ccc(NC(=O)c2ccc(O)cc2F)c(C(=O)O)c1. The molecule has 5 nitrogen and oxygen atoms in total. The molecule has 0 aliphatic rings. The van der Waals surface area contributed by atoms with Crippen LogP contribution < -0.4 is 5.32 Å². The molecule has 0 aliphatic carbocycles. The Balaban J connectivity index is 2.34. The first-order valence-corrected chi connectivity index (χ1v) is 6.02. The van der Waals surface area contributed by atoms with Crippen LogP contribution in [-0.4, -0.2) is 22.1 Å². The van der Waals surface area contributed by atoms with E-state index in [-0.39, 0.29) is 22.6 Å². The minimum atomic E-state index is -1.19. The van der Waals surface area contributed by atoms with Gasteiger partial charge >= 0.3 is 5.97 Å². The van der Waals surface area contributed by atoms with Crippen LogP contribution in [0.1, 0.15) is 26.3 Å². The molecule has 0 spiro atoms. The third kappa shape index (κ3) is 3.17. The first-order chi connectivity index (χ1) is 9.88. The van der Waals surface area contributed by atoms with Crippen molar-refractivity contribution in [1.29, 1.82) is 0 Å². The van der Waals surface area contributed by atoms with Gasteiger partial charge in [-0.2, -0.15) is 0 Å². The summed E-state index contributed by atoms with van der Waals surface area (Å²) in [6, 6.07) is 7.58. The number of benzene rings is 2. The summed E-state index contributed by atoms with van der Waals surface area (Å²) in [6.45, 7) is 1.72. The van der Waals surface area contributed by atoms with Crippen molar-refractivity contribution in [2.24, 2.45) is 0 Å². The number of carbonyl (C=O) groups is 2. The van der Waals surface area contributed by atoms with Crippen LogP contribution in [0.15, 0.2) is 36.4 Å². The van der Waals surface area contributed by atoms with E-state index < -0.39 is 17.7 Å². The number of carboxylic acids is 1. The number of aryl methyl sites for hydroxylation is 1. The molecule has 3 N–H and O–H groups in total. The predicted molar refractivity (Wildman–Crippen MR) is 74.2 cm³/mol. The number of halogens is 1. The maximum Gasteiger partial charge on any atom is 0.337 e. The van der Waals surface area contributed by atoms with E-state index in [0.29, 0.717) is 0 Å². The normalized spacial score (nSPS) is 10.2. The number of aromatic hydroxyl groups is 1. The summed E-state index contributed by atoms with van der Waals surface area (Å²) < 4.78 is 13.6. The molecule has 0 bridgehead atoms. The molecule has 0 unspecified atom stereocenters. The van der Waals surface area contributed by atoms with Gasteiger partial charge in [-0.3, -0.25) is 4.79 Å². The lowest BCUT2D eigenvalue weighted by molar-refractivity contribution is 0.0698. The van der Waals surface area contributed by atoms with Gasteiger partial charge in [-0.25, -0.2) is 9.18 Å². The minimum absolute atomic E-state index is 0.0746. The van der Waals surface area contributed by atoms with Gasteiger partial charge in [0, 0.05) is 6.07 Å². The van der Waals surface area contributed by atoms with Crippen LogP contribution in [0.4, 0.5) is 10.1 Å². The van der Waals surface area contributed by atoms with Crippen molar-refractivity contribution in [2.75, 3.05) is 5.32 Å². The number of aromatic carboxylic acids is 1. The molecule has 0 aromatic heterocycles. The van der Waals surface area contributed by atoms with Crippen LogP contribution in [0.2, 0.25) is 0 Å². The van der Waals surface area contributed by atoms with Gasteiger partial charge in [0.2, 0.25) is 0 Å². The van der Waals surface area contributed by atoms with E-state index in [4.69, 9.17) is 10.2 Å². The second-order valence-electron chi connectivity index (χ2n) is 4.47. The van der Waals surface area contributed by atoms with Crippen LogP contribution >= 0.6 is 0 Å². The Morgan fingerprint density at radius 3 is 2.43 bits per heavy atom. The summed E-state index contributed by atoms with van der Waals surface area (Å²) in [7, 11) is 0. The molecule has 0 aliphatic heterocycles. The lowest BCUT2D eigenvalue weighted by Crippen LogP contribution is -2.16. The highest BCUT2D eigenvalue weighted by Gasteiger charge is 2.16. The fourth-order valence-corrected chi connectivity index (χ4v) is 1.82. The quantitative estimate of drug-likeness (QED) is 0.811. The van der Waals surface area contributed by atoms with E-state index >= 15 is 0 Å². The number of anilines is 1. The number of hydrogen-bond donors (Lipinski definition) is 3. The minimum Gasteiger partial charge on any atom is -0.508 e. The third-order valence-electron chi connectivity index (χ3n) is 2.85. The Bertz CT molecular complexity index is 728. The van der Waals surface area contributed by atoms with Gasteiger partial charge in [-0.1, -0.05) is 11.6 Å². The zero-order valence-electron chi connectivity index (χ0n) is 11.1. The van der Waals surface area contributed by atoms with Crippen molar-refractivity contribution in [3.63, 3.8) is 0 Å². The highest BCUT2D eigenvalue weighted by molar-refractivity contribution is 6.08. The summed E-state index contributed by atoms with van der Waals surface area (Å²) in [5.41, 5.74) is 0.430. The van der Waals surface area contributed by atoms with Crippen molar-refractivity contribution in [1.82, 2.24) is 0 Å². The van der Waals surface area contributed by atoms with Gasteiger partial charge in [0.25, 0.3) is 5.91 Å². The first kappa shape index (κ1) is 14.5. The lowest BCUT2D eigenvalue weighted by Gasteiger charge is -2.10. The molecule has 21 heavy (non-hydrogen) atoms. The molecular weight excluding hydrogens is 277 g/mol.